The Hall–Kier alpha value is -0.850. The van der Waals surface area contributed by atoms with Crippen LogP contribution >= 0.6 is 0 Å². The van der Waals surface area contributed by atoms with E-state index < -0.39 is 0 Å². The molecular formula is C20H40N4O2. The van der Waals surface area contributed by atoms with Gasteiger partial charge in [-0.3, -0.25) is 4.99 Å². The molecule has 1 aliphatic heterocycles. The first-order chi connectivity index (χ1) is 12.6. The molecule has 26 heavy (non-hydrogen) atoms. The number of aliphatic hydroxyl groups is 1. The van der Waals surface area contributed by atoms with Crippen molar-refractivity contribution >= 4 is 5.96 Å². The van der Waals surface area contributed by atoms with Gasteiger partial charge in [0.1, 0.15) is 0 Å². The number of hydrogen-bond acceptors (Lipinski definition) is 4. The molecule has 3 N–H and O–H groups in total. The molecule has 1 aliphatic carbocycles. The zero-order valence-electron chi connectivity index (χ0n) is 17.1. The number of rotatable bonds is 8. The number of aliphatic imine (C=N–C) groups is 1. The van der Waals surface area contributed by atoms with E-state index in [1.54, 1.807) is 7.11 Å². The van der Waals surface area contributed by atoms with Crippen LogP contribution in [0.4, 0.5) is 0 Å². The summed E-state index contributed by atoms with van der Waals surface area (Å²) in [5, 5.41) is 17.4. The maximum atomic E-state index is 10.4. The van der Waals surface area contributed by atoms with Crippen molar-refractivity contribution in [2.45, 2.75) is 70.9 Å². The van der Waals surface area contributed by atoms with Crippen molar-refractivity contribution in [1.82, 2.24) is 15.5 Å². The van der Waals surface area contributed by atoms with Crippen LogP contribution in [-0.2, 0) is 4.74 Å². The van der Waals surface area contributed by atoms with Crippen molar-refractivity contribution in [3.8, 4) is 0 Å². The van der Waals surface area contributed by atoms with Crippen LogP contribution in [-0.4, -0.2) is 74.6 Å². The predicted octanol–water partition coefficient (Wildman–Crippen LogP) is 1.98. The fourth-order valence-electron chi connectivity index (χ4n) is 4.07. The second kappa shape index (κ2) is 11.1. The molecule has 2 rings (SSSR count). The Morgan fingerprint density at radius 3 is 2.69 bits per heavy atom. The minimum Gasteiger partial charge on any atom is -0.392 e. The number of methoxy groups -OCH3 is 1. The van der Waals surface area contributed by atoms with Crippen LogP contribution in [0, 0.1) is 5.41 Å². The van der Waals surface area contributed by atoms with Crippen LogP contribution in [0.3, 0.4) is 0 Å². The van der Waals surface area contributed by atoms with Gasteiger partial charge in [-0.1, -0.05) is 19.8 Å². The summed E-state index contributed by atoms with van der Waals surface area (Å²) >= 11 is 0. The summed E-state index contributed by atoms with van der Waals surface area (Å²) in [4.78, 5) is 7.37. The van der Waals surface area contributed by atoms with Gasteiger partial charge in [-0.2, -0.15) is 0 Å². The van der Waals surface area contributed by atoms with E-state index in [9.17, 15) is 5.11 Å². The van der Waals surface area contributed by atoms with Gasteiger partial charge >= 0.3 is 0 Å². The molecule has 6 heteroatoms. The average Bonchev–Trinajstić information content (AvgIpc) is 2.64. The first-order valence-electron chi connectivity index (χ1n) is 10.5. The highest BCUT2D eigenvalue weighted by atomic mass is 16.5. The minimum absolute atomic E-state index is 0.0781. The summed E-state index contributed by atoms with van der Waals surface area (Å²) in [6, 6.07) is 0.482. The van der Waals surface area contributed by atoms with E-state index in [-0.39, 0.29) is 11.5 Å². The second-order valence-electron chi connectivity index (χ2n) is 8.22. The van der Waals surface area contributed by atoms with Crippen molar-refractivity contribution in [2.75, 3.05) is 46.4 Å². The fraction of sp³-hybridized carbons (Fsp3) is 0.950. The van der Waals surface area contributed by atoms with Gasteiger partial charge < -0.3 is 25.4 Å². The molecule has 0 aromatic heterocycles. The van der Waals surface area contributed by atoms with Gasteiger partial charge in [0, 0.05) is 51.4 Å². The monoisotopic (exact) mass is 368 g/mol. The zero-order chi connectivity index (χ0) is 18.8. The quantitative estimate of drug-likeness (QED) is 0.347. The first-order valence-corrected chi connectivity index (χ1v) is 10.5. The number of nitrogens with one attached hydrogen (secondary N) is 2. The highest BCUT2D eigenvalue weighted by Gasteiger charge is 2.35. The summed E-state index contributed by atoms with van der Waals surface area (Å²) in [6.07, 6.45) is 7.51. The fourth-order valence-corrected chi connectivity index (χ4v) is 4.07. The molecule has 2 unspecified atom stereocenters. The topological polar surface area (TPSA) is 69.1 Å². The van der Waals surface area contributed by atoms with Crippen molar-refractivity contribution in [3.05, 3.63) is 0 Å². The van der Waals surface area contributed by atoms with Crippen LogP contribution in [0.25, 0.3) is 0 Å². The van der Waals surface area contributed by atoms with Gasteiger partial charge in [-0.15, -0.1) is 0 Å². The molecule has 0 radical (unpaired) electrons. The molecule has 152 valence electrons. The molecule has 0 amide bonds. The van der Waals surface area contributed by atoms with E-state index in [2.05, 4.69) is 29.4 Å². The third-order valence-electron chi connectivity index (χ3n) is 5.97. The maximum Gasteiger partial charge on any atom is 0.191 e. The summed E-state index contributed by atoms with van der Waals surface area (Å²) in [5.41, 5.74) is -0.0781. The van der Waals surface area contributed by atoms with E-state index in [1.165, 1.54) is 6.42 Å². The lowest BCUT2D eigenvalue weighted by molar-refractivity contribution is 0.00715. The SMILES string of the molecule is CCNC(=NCC1(C)CCCCC1O)NC1CCN(CCCOC)CC1. The molecule has 2 fully saturated rings. The third kappa shape index (κ3) is 6.71. The number of piperidine rings is 1. The maximum absolute atomic E-state index is 10.4. The largest absolute Gasteiger partial charge is 0.392 e. The Labute approximate surface area is 159 Å². The minimum atomic E-state index is -0.224. The Bertz CT molecular complexity index is 424. The van der Waals surface area contributed by atoms with Crippen LogP contribution in [0.2, 0.25) is 0 Å². The number of ether oxygens (including phenoxy) is 1. The standard InChI is InChI=1S/C20H40N4O2/c1-4-21-19(22-16-20(2)11-6-5-8-18(20)25)23-17-9-13-24(14-10-17)12-7-15-26-3/h17-18,25H,4-16H2,1-3H3,(H2,21,22,23). The lowest BCUT2D eigenvalue weighted by Crippen LogP contribution is -2.49. The molecular weight excluding hydrogens is 328 g/mol. The van der Waals surface area contributed by atoms with E-state index in [0.29, 0.717) is 12.6 Å². The molecule has 0 spiro atoms. The number of guanidine groups is 1. The number of nitrogens with zero attached hydrogens (tertiary/aromatic N) is 2. The van der Waals surface area contributed by atoms with Crippen molar-refractivity contribution < 1.29 is 9.84 Å². The highest BCUT2D eigenvalue weighted by molar-refractivity contribution is 5.80. The van der Waals surface area contributed by atoms with E-state index in [0.717, 1.165) is 77.3 Å². The molecule has 1 saturated carbocycles. The van der Waals surface area contributed by atoms with Gasteiger partial charge in [0.2, 0.25) is 0 Å². The normalized spacial score (nSPS) is 28.9. The van der Waals surface area contributed by atoms with Gasteiger partial charge in [0.05, 0.1) is 12.6 Å². The second-order valence-corrected chi connectivity index (χ2v) is 8.22. The number of aliphatic hydroxyl groups excluding tert-OH is 1. The number of hydrogen-bond donors (Lipinski definition) is 3. The molecule has 1 saturated heterocycles. The molecule has 0 bridgehead atoms. The Kier molecular flexibility index (Phi) is 9.16. The lowest BCUT2D eigenvalue weighted by atomic mass is 9.73. The van der Waals surface area contributed by atoms with Gasteiger partial charge in [0.15, 0.2) is 5.96 Å². The zero-order valence-corrected chi connectivity index (χ0v) is 17.1. The first kappa shape index (κ1) is 21.5. The van der Waals surface area contributed by atoms with Crippen molar-refractivity contribution in [2.24, 2.45) is 10.4 Å². The van der Waals surface area contributed by atoms with Crippen molar-refractivity contribution in [3.63, 3.8) is 0 Å². The Balaban J connectivity index is 1.80. The Morgan fingerprint density at radius 1 is 1.27 bits per heavy atom. The lowest BCUT2D eigenvalue weighted by Gasteiger charge is -2.37. The van der Waals surface area contributed by atoms with E-state index >= 15 is 0 Å². The smallest absolute Gasteiger partial charge is 0.191 e. The van der Waals surface area contributed by atoms with Crippen molar-refractivity contribution in [1.29, 1.82) is 0 Å². The molecule has 1 heterocycles. The molecule has 2 atom stereocenters. The van der Waals surface area contributed by atoms with Gasteiger partial charge in [-0.25, -0.2) is 0 Å². The molecule has 2 aliphatic rings. The highest BCUT2D eigenvalue weighted by Crippen LogP contribution is 2.36. The molecule has 0 aromatic rings. The summed E-state index contributed by atoms with van der Waals surface area (Å²) in [6.45, 7) is 10.1. The van der Waals surface area contributed by atoms with Crippen LogP contribution in [0.1, 0.15) is 58.8 Å². The average molecular weight is 369 g/mol. The van der Waals surface area contributed by atoms with Crippen LogP contribution in [0.15, 0.2) is 4.99 Å². The molecule has 0 aromatic carbocycles. The Morgan fingerprint density at radius 2 is 2.04 bits per heavy atom. The van der Waals surface area contributed by atoms with E-state index in [1.807, 2.05) is 0 Å². The van der Waals surface area contributed by atoms with Crippen LogP contribution in [0.5, 0.6) is 0 Å². The van der Waals surface area contributed by atoms with Gasteiger partial charge in [0.25, 0.3) is 0 Å². The van der Waals surface area contributed by atoms with Gasteiger partial charge in [-0.05, 0) is 39.0 Å². The third-order valence-corrected chi connectivity index (χ3v) is 5.97. The van der Waals surface area contributed by atoms with Crippen LogP contribution < -0.4 is 10.6 Å². The molecule has 6 nitrogen and oxygen atoms in total. The number of likely N-dealkylation sites (tertiary alicyclic amines) is 1. The summed E-state index contributed by atoms with van der Waals surface area (Å²) < 4.78 is 5.15. The predicted molar refractivity (Wildman–Crippen MR) is 108 cm³/mol. The summed E-state index contributed by atoms with van der Waals surface area (Å²) in [5.74, 6) is 0.907. The summed E-state index contributed by atoms with van der Waals surface area (Å²) in [7, 11) is 1.77. The van der Waals surface area contributed by atoms with E-state index in [4.69, 9.17) is 9.73 Å².